The highest BCUT2D eigenvalue weighted by atomic mass is 16.5. The second kappa shape index (κ2) is 6.27. The van der Waals surface area contributed by atoms with Gasteiger partial charge < -0.3 is 14.2 Å². The number of benzene rings is 1. The Hall–Kier alpha value is -1.97. The first kappa shape index (κ1) is 13.5. The first-order chi connectivity index (χ1) is 9.22. The van der Waals surface area contributed by atoms with Gasteiger partial charge in [0.25, 0.3) is 0 Å². The molecule has 1 aliphatic rings. The Labute approximate surface area is 113 Å². The summed E-state index contributed by atoms with van der Waals surface area (Å²) in [6, 6.07) is 5.07. The van der Waals surface area contributed by atoms with E-state index >= 15 is 0 Å². The molecule has 1 aliphatic carbocycles. The molecule has 0 radical (unpaired) electrons. The van der Waals surface area contributed by atoms with Gasteiger partial charge in [0, 0.05) is 6.07 Å². The third-order valence-electron chi connectivity index (χ3n) is 3.13. The van der Waals surface area contributed by atoms with E-state index in [9.17, 15) is 4.79 Å². The van der Waals surface area contributed by atoms with Crippen molar-refractivity contribution in [3.63, 3.8) is 0 Å². The average molecular weight is 262 g/mol. The van der Waals surface area contributed by atoms with Gasteiger partial charge in [0.15, 0.2) is 11.5 Å². The minimum absolute atomic E-state index is 0.219. The molecule has 102 valence electrons. The molecule has 1 atom stereocenters. The third kappa shape index (κ3) is 3.50. The number of ether oxygens (including phenoxy) is 3. The zero-order valence-corrected chi connectivity index (χ0v) is 11.2. The Morgan fingerprint density at radius 2 is 2.05 bits per heavy atom. The summed E-state index contributed by atoms with van der Waals surface area (Å²) >= 11 is 0. The second-order valence-corrected chi connectivity index (χ2v) is 4.46. The van der Waals surface area contributed by atoms with Crippen molar-refractivity contribution in [2.24, 2.45) is 5.92 Å². The van der Waals surface area contributed by atoms with E-state index in [2.05, 4.69) is 12.2 Å². The Morgan fingerprint density at radius 3 is 2.68 bits per heavy atom. The van der Waals surface area contributed by atoms with Gasteiger partial charge in [-0.25, -0.2) is 0 Å². The highest BCUT2D eigenvalue weighted by Crippen LogP contribution is 2.31. The van der Waals surface area contributed by atoms with Crippen LogP contribution in [0.25, 0.3) is 0 Å². The van der Waals surface area contributed by atoms with E-state index in [-0.39, 0.29) is 5.97 Å². The number of esters is 1. The van der Waals surface area contributed by atoms with E-state index in [0.717, 1.165) is 12.8 Å². The number of allylic oxidation sites excluding steroid dienone is 2. The van der Waals surface area contributed by atoms with Gasteiger partial charge >= 0.3 is 5.97 Å². The van der Waals surface area contributed by atoms with Crippen molar-refractivity contribution in [2.75, 3.05) is 14.2 Å². The van der Waals surface area contributed by atoms with Crippen LogP contribution in [0.5, 0.6) is 17.2 Å². The monoisotopic (exact) mass is 262 g/mol. The van der Waals surface area contributed by atoms with Crippen molar-refractivity contribution in [2.45, 2.75) is 19.3 Å². The molecule has 4 heteroatoms. The highest BCUT2D eigenvalue weighted by molar-refractivity contribution is 5.73. The molecule has 0 N–H and O–H groups in total. The van der Waals surface area contributed by atoms with E-state index in [1.807, 2.05) is 0 Å². The molecule has 0 heterocycles. The minimum Gasteiger partial charge on any atom is -0.493 e. The molecule has 0 saturated heterocycles. The molecule has 1 aromatic rings. The van der Waals surface area contributed by atoms with Crippen molar-refractivity contribution in [3.8, 4) is 17.2 Å². The SMILES string of the molecule is COc1ccc(OC(=O)C[C@H]2C=CCC2)cc1OC. The third-order valence-corrected chi connectivity index (χ3v) is 3.13. The topological polar surface area (TPSA) is 44.8 Å². The molecule has 0 spiro atoms. The Kier molecular flexibility index (Phi) is 4.44. The normalized spacial score (nSPS) is 17.3. The van der Waals surface area contributed by atoms with Gasteiger partial charge in [-0.3, -0.25) is 4.79 Å². The van der Waals surface area contributed by atoms with E-state index in [4.69, 9.17) is 14.2 Å². The molecule has 0 bridgehead atoms. The van der Waals surface area contributed by atoms with Crippen LogP contribution in [0.15, 0.2) is 30.4 Å². The Balaban J connectivity index is 1.98. The van der Waals surface area contributed by atoms with Gasteiger partial charge in [-0.2, -0.15) is 0 Å². The first-order valence-electron chi connectivity index (χ1n) is 6.32. The molecule has 0 unspecified atom stereocenters. The van der Waals surface area contributed by atoms with Gasteiger partial charge in [0.05, 0.1) is 20.6 Å². The summed E-state index contributed by atoms with van der Waals surface area (Å²) in [4.78, 5) is 11.8. The van der Waals surface area contributed by atoms with E-state index in [1.54, 1.807) is 32.4 Å². The standard InChI is InChI=1S/C15H18O4/c1-17-13-8-7-12(10-14(13)18-2)19-15(16)9-11-5-3-4-6-11/h3,5,7-8,10-11H,4,6,9H2,1-2H3/t11-/m0/s1. The van der Waals surface area contributed by atoms with Gasteiger partial charge in [-0.15, -0.1) is 0 Å². The molecule has 0 amide bonds. The number of rotatable bonds is 5. The predicted octanol–water partition coefficient (Wildman–Crippen LogP) is 2.97. The van der Waals surface area contributed by atoms with Crippen LogP contribution in [-0.2, 0) is 4.79 Å². The Morgan fingerprint density at radius 1 is 1.26 bits per heavy atom. The number of carbonyl (C=O) groups excluding carboxylic acids is 1. The number of hydrogen-bond acceptors (Lipinski definition) is 4. The average Bonchev–Trinajstić information content (AvgIpc) is 2.91. The summed E-state index contributed by atoms with van der Waals surface area (Å²) < 4.78 is 15.6. The van der Waals surface area contributed by atoms with E-state index in [1.165, 1.54) is 0 Å². The number of hydrogen-bond donors (Lipinski definition) is 0. The quantitative estimate of drug-likeness (QED) is 0.465. The molecule has 4 nitrogen and oxygen atoms in total. The molecule has 19 heavy (non-hydrogen) atoms. The number of carbonyl (C=O) groups is 1. The van der Waals surface area contributed by atoms with Crippen LogP contribution >= 0.6 is 0 Å². The summed E-state index contributed by atoms with van der Waals surface area (Å²) in [6.07, 6.45) is 6.68. The van der Waals surface area contributed by atoms with Crippen LogP contribution in [0.2, 0.25) is 0 Å². The van der Waals surface area contributed by atoms with Crippen LogP contribution in [0.1, 0.15) is 19.3 Å². The molecule has 0 aliphatic heterocycles. The summed E-state index contributed by atoms with van der Waals surface area (Å²) in [5.41, 5.74) is 0. The lowest BCUT2D eigenvalue weighted by atomic mass is 10.1. The zero-order valence-electron chi connectivity index (χ0n) is 11.2. The van der Waals surface area contributed by atoms with E-state index in [0.29, 0.717) is 29.6 Å². The van der Waals surface area contributed by atoms with Gasteiger partial charge in [-0.05, 0) is 30.9 Å². The van der Waals surface area contributed by atoms with Gasteiger partial charge in [-0.1, -0.05) is 12.2 Å². The largest absolute Gasteiger partial charge is 0.493 e. The van der Waals surface area contributed by atoms with Crippen LogP contribution < -0.4 is 14.2 Å². The lowest BCUT2D eigenvalue weighted by Crippen LogP contribution is -2.12. The lowest BCUT2D eigenvalue weighted by molar-refractivity contribution is -0.135. The lowest BCUT2D eigenvalue weighted by Gasteiger charge is -2.11. The maximum absolute atomic E-state index is 11.8. The molecule has 1 aromatic carbocycles. The summed E-state index contributed by atoms with van der Waals surface area (Å²) in [6.45, 7) is 0. The van der Waals surface area contributed by atoms with E-state index < -0.39 is 0 Å². The van der Waals surface area contributed by atoms with Crippen molar-refractivity contribution < 1.29 is 19.0 Å². The Bertz CT molecular complexity index is 479. The summed E-state index contributed by atoms with van der Waals surface area (Å²) in [7, 11) is 3.11. The maximum Gasteiger partial charge on any atom is 0.311 e. The van der Waals surface area contributed by atoms with Gasteiger partial charge in [0.1, 0.15) is 5.75 Å². The van der Waals surface area contributed by atoms with Crippen LogP contribution in [0.4, 0.5) is 0 Å². The minimum atomic E-state index is -0.219. The van der Waals surface area contributed by atoms with Crippen LogP contribution in [0, 0.1) is 5.92 Å². The van der Waals surface area contributed by atoms with Crippen LogP contribution in [-0.4, -0.2) is 20.2 Å². The van der Waals surface area contributed by atoms with Crippen LogP contribution in [0.3, 0.4) is 0 Å². The summed E-state index contributed by atoms with van der Waals surface area (Å²) in [5.74, 6) is 1.73. The molecule has 0 saturated carbocycles. The predicted molar refractivity (Wildman–Crippen MR) is 71.7 cm³/mol. The smallest absolute Gasteiger partial charge is 0.311 e. The number of methoxy groups -OCH3 is 2. The summed E-state index contributed by atoms with van der Waals surface area (Å²) in [5, 5.41) is 0. The van der Waals surface area contributed by atoms with Crippen molar-refractivity contribution >= 4 is 5.97 Å². The molecule has 0 fully saturated rings. The molecule has 0 aromatic heterocycles. The fourth-order valence-corrected chi connectivity index (χ4v) is 2.13. The highest BCUT2D eigenvalue weighted by Gasteiger charge is 2.16. The second-order valence-electron chi connectivity index (χ2n) is 4.46. The van der Waals surface area contributed by atoms with Crippen molar-refractivity contribution in [1.29, 1.82) is 0 Å². The molecular formula is C15H18O4. The molecular weight excluding hydrogens is 244 g/mol. The fraction of sp³-hybridized carbons (Fsp3) is 0.400. The van der Waals surface area contributed by atoms with Gasteiger partial charge in [0.2, 0.25) is 0 Å². The van der Waals surface area contributed by atoms with Crippen molar-refractivity contribution in [1.82, 2.24) is 0 Å². The molecule has 2 rings (SSSR count). The fourth-order valence-electron chi connectivity index (χ4n) is 2.13. The first-order valence-corrected chi connectivity index (χ1v) is 6.32. The van der Waals surface area contributed by atoms with Crippen molar-refractivity contribution in [3.05, 3.63) is 30.4 Å². The zero-order chi connectivity index (χ0) is 13.7. The maximum atomic E-state index is 11.8.